The summed E-state index contributed by atoms with van der Waals surface area (Å²) in [7, 11) is 1.91. The minimum atomic E-state index is -4.92. The maximum atomic E-state index is 14.0. The molecule has 9 heteroatoms. The number of hydrogen-bond donors (Lipinski definition) is 1. The minimum Gasteiger partial charge on any atom is -0.851 e. The molecule has 2 saturated carbocycles. The minimum absolute atomic E-state index is 0.196. The number of nitrogens with zero attached hydrogens (tertiary/aromatic N) is 2. The third-order valence-electron chi connectivity index (χ3n) is 8.71. The zero-order valence-electron chi connectivity index (χ0n) is 20.9. The maximum Gasteiger partial charge on any atom is 0.433 e. The summed E-state index contributed by atoms with van der Waals surface area (Å²) in [6, 6.07) is 15.9. The standard InChI is InChI=1S/C29H28F3N3O3/c1-34-20-13-7-6-12-19(20)28(14-8-3-9-15-28)21(34)16-18-24(36)22(25(18)37)23-26(29(30,31)32)33-35(27(23)38)17-10-4-2-5-11-17/h2,4-7,10-13,16,18,22,24-25,33H,3,8-9,14-15H2,1H3/q-2/b21-16-. The lowest BCUT2D eigenvalue weighted by Crippen LogP contribution is -2.66. The van der Waals surface area contributed by atoms with E-state index in [1.54, 1.807) is 24.3 Å². The van der Waals surface area contributed by atoms with Crippen LogP contribution in [0, 0.1) is 5.92 Å². The molecule has 0 radical (unpaired) electrons. The summed E-state index contributed by atoms with van der Waals surface area (Å²) in [5.74, 6) is -2.61. The predicted octanol–water partition coefficient (Wildman–Crippen LogP) is 3.59. The van der Waals surface area contributed by atoms with Crippen LogP contribution in [0.3, 0.4) is 0 Å². The SMILES string of the molecule is CN1/C(=C\C2C([O-])C(c3c(C(F)(F)F)[nH]n(-c4ccccc4)c3=O)C2[O-])C2(CCCCC2)c2ccccc21. The largest absolute Gasteiger partial charge is 0.851 e. The second-order valence-electron chi connectivity index (χ2n) is 10.7. The molecule has 38 heavy (non-hydrogen) atoms. The Labute approximate surface area is 218 Å². The number of para-hydroxylation sites is 2. The number of anilines is 1. The van der Waals surface area contributed by atoms with Crippen molar-refractivity contribution < 1.29 is 23.4 Å². The lowest BCUT2D eigenvalue weighted by atomic mass is 9.63. The van der Waals surface area contributed by atoms with Crippen molar-refractivity contribution in [1.29, 1.82) is 0 Å². The fourth-order valence-electron chi connectivity index (χ4n) is 6.85. The number of fused-ring (bicyclic) bond motifs is 2. The van der Waals surface area contributed by atoms with Crippen molar-refractivity contribution in [1.82, 2.24) is 9.78 Å². The van der Waals surface area contributed by atoms with E-state index in [9.17, 15) is 28.2 Å². The maximum absolute atomic E-state index is 14.0. The van der Waals surface area contributed by atoms with Gasteiger partial charge in [-0.05, 0) is 48.4 Å². The Kier molecular flexibility index (Phi) is 5.84. The number of aromatic nitrogens is 2. The van der Waals surface area contributed by atoms with Gasteiger partial charge in [-0.3, -0.25) is 9.89 Å². The molecule has 0 saturated heterocycles. The Morgan fingerprint density at radius 2 is 1.61 bits per heavy atom. The Hall–Kier alpha value is -3.30. The van der Waals surface area contributed by atoms with Crippen LogP contribution in [0.4, 0.5) is 18.9 Å². The van der Waals surface area contributed by atoms with Crippen LogP contribution in [0.2, 0.25) is 0 Å². The molecule has 0 bridgehead atoms. The molecule has 2 fully saturated rings. The first kappa shape index (κ1) is 25.0. The highest BCUT2D eigenvalue weighted by molar-refractivity contribution is 5.70. The van der Waals surface area contributed by atoms with Crippen molar-refractivity contribution in [3.05, 3.63) is 93.5 Å². The Morgan fingerprint density at radius 3 is 2.26 bits per heavy atom. The number of H-pyrrole nitrogens is 1. The summed E-state index contributed by atoms with van der Waals surface area (Å²) in [5, 5.41) is 29.1. The molecule has 2 unspecified atom stereocenters. The first-order chi connectivity index (χ1) is 18.1. The second kappa shape index (κ2) is 8.88. The van der Waals surface area contributed by atoms with Crippen LogP contribution in [0.1, 0.15) is 54.8 Å². The second-order valence-corrected chi connectivity index (χ2v) is 10.7. The van der Waals surface area contributed by atoms with Gasteiger partial charge in [0.05, 0.1) is 11.3 Å². The van der Waals surface area contributed by atoms with Crippen molar-refractivity contribution in [3.63, 3.8) is 0 Å². The monoisotopic (exact) mass is 523 g/mol. The quantitative estimate of drug-likeness (QED) is 0.569. The van der Waals surface area contributed by atoms with Gasteiger partial charge < -0.3 is 15.1 Å². The van der Waals surface area contributed by atoms with Gasteiger partial charge in [0.1, 0.15) is 5.69 Å². The summed E-state index contributed by atoms with van der Waals surface area (Å²) >= 11 is 0. The molecule has 3 aromatic rings. The van der Waals surface area contributed by atoms with Crippen LogP contribution in [-0.2, 0) is 11.6 Å². The molecule has 2 aromatic carbocycles. The molecule has 3 aliphatic rings. The molecule has 1 N–H and O–H groups in total. The summed E-state index contributed by atoms with van der Waals surface area (Å²) in [6.07, 6.45) is -1.58. The zero-order chi connectivity index (χ0) is 26.8. The highest BCUT2D eigenvalue weighted by Gasteiger charge is 2.50. The van der Waals surface area contributed by atoms with Crippen molar-refractivity contribution in [3.8, 4) is 5.69 Å². The summed E-state index contributed by atoms with van der Waals surface area (Å²) in [4.78, 5) is 15.2. The van der Waals surface area contributed by atoms with Gasteiger partial charge in [0.2, 0.25) is 0 Å². The van der Waals surface area contributed by atoms with E-state index in [0.717, 1.165) is 48.2 Å². The lowest BCUT2D eigenvalue weighted by molar-refractivity contribution is -0.543. The molecule has 1 spiro atoms. The normalized spacial score (nSPS) is 27.5. The summed E-state index contributed by atoms with van der Waals surface area (Å²) in [6.45, 7) is 0. The topological polar surface area (TPSA) is 87.2 Å². The third-order valence-corrected chi connectivity index (χ3v) is 8.71. The molecule has 2 atom stereocenters. The van der Waals surface area contributed by atoms with Gasteiger partial charge >= 0.3 is 6.18 Å². The van der Waals surface area contributed by atoms with E-state index in [0.29, 0.717) is 0 Å². The predicted molar refractivity (Wildman–Crippen MR) is 133 cm³/mol. The van der Waals surface area contributed by atoms with E-state index in [-0.39, 0.29) is 11.1 Å². The highest BCUT2D eigenvalue weighted by atomic mass is 19.4. The number of benzene rings is 2. The molecular weight excluding hydrogens is 495 g/mol. The van der Waals surface area contributed by atoms with Crippen LogP contribution in [-0.4, -0.2) is 29.0 Å². The molecule has 200 valence electrons. The number of likely N-dealkylation sites (N-methyl/N-ethyl adjacent to an activating group) is 1. The molecule has 1 aliphatic heterocycles. The van der Waals surface area contributed by atoms with E-state index >= 15 is 0 Å². The van der Waals surface area contributed by atoms with E-state index in [1.165, 1.54) is 17.7 Å². The van der Waals surface area contributed by atoms with E-state index in [2.05, 4.69) is 11.2 Å². The number of rotatable bonds is 3. The lowest BCUT2D eigenvalue weighted by Gasteiger charge is -2.60. The number of alkyl halides is 3. The number of aromatic amines is 1. The first-order valence-electron chi connectivity index (χ1n) is 13.0. The Bertz CT molecular complexity index is 1430. The molecule has 0 amide bonds. The van der Waals surface area contributed by atoms with Crippen molar-refractivity contribution in [2.45, 2.75) is 61.8 Å². The third kappa shape index (κ3) is 3.59. The molecular formula is C29H28F3N3O3-2. The highest BCUT2D eigenvalue weighted by Crippen LogP contribution is 2.56. The number of nitrogens with one attached hydrogen (secondary N) is 1. The zero-order valence-corrected chi connectivity index (χ0v) is 20.9. The average molecular weight is 524 g/mol. The number of allylic oxidation sites excluding steroid dienone is 1. The summed E-state index contributed by atoms with van der Waals surface area (Å²) < 4.78 is 42.7. The number of halogens is 3. The van der Waals surface area contributed by atoms with Gasteiger partial charge in [0, 0.05) is 23.8 Å². The molecule has 2 aliphatic carbocycles. The van der Waals surface area contributed by atoms with E-state index in [1.807, 2.05) is 30.1 Å². The van der Waals surface area contributed by atoms with Crippen molar-refractivity contribution in [2.24, 2.45) is 5.92 Å². The van der Waals surface area contributed by atoms with Gasteiger partial charge in [0.25, 0.3) is 5.56 Å². The average Bonchev–Trinajstić information content (AvgIpc) is 3.36. The van der Waals surface area contributed by atoms with Crippen LogP contribution in [0.5, 0.6) is 0 Å². The number of hydrogen-bond acceptors (Lipinski definition) is 4. The molecule has 2 heterocycles. The van der Waals surface area contributed by atoms with Crippen molar-refractivity contribution >= 4 is 5.69 Å². The van der Waals surface area contributed by atoms with Gasteiger partial charge in [-0.15, -0.1) is 12.2 Å². The Balaban J connectivity index is 1.39. The van der Waals surface area contributed by atoms with Crippen LogP contribution >= 0.6 is 0 Å². The Morgan fingerprint density at radius 1 is 0.974 bits per heavy atom. The van der Waals surface area contributed by atoms with Crippen LogP contribution in [0.15, 0.2) is 71.2 Å². The van der Waals surface area contributed by atoms with Crippen molar-refractivity contribution in [2.75, 3.05) is 11.9 Å². The first-order valence-corrected chi connectivity index (χ1v) is 13.0. The molecule has 6 nitrogen and oxygen atoms in total. The fourth-order valence-corrected chi connectivity index (χ4v) is 6.85. The smallest absolute Gasteiger partial charge is 0.433 e. The van der Waals surface area contributed by atoms with Gasteiger partial charge in [-0.2, -0.15) is 13.2 Å². The van der Waals surface area contributed by atoms with E-state index in [4.69, 9.17) is 0 Å². The summed E-state index contributed by atoms with van der Waals surface area (Å²) in [5.41, 5.74) is -0.112. The van der Waals surface area contributed by atoms with Crippen LogP contribution < -0.4 is 20.7 Å². The van der Waals surface area contributed by atoms with E-state index < -0.39 is 47.0 Å². The van der Waals surface area contributed by atoms with Gasteiger partial charge in [-0.1, -0.05) is 61.7 Å². The van der Waals surface area contributed by atoms with Crippen LogP contribution in [0.25, 0.3) is 5.69 Å². The molecule has 6 rings (SSSR count). The van der Waals surface area contributed by atoms with Gasteiger partial charge in [-0.25, -0.2) is 4.68 Å². The molecule has 1 aromatic heterocycles. The van der Waals surface area contributed by atoms with Gasteiger partial charge in [0.15, 0.2) is 0 Å². The fraction of sp³-hybridized carbons (Fsp3) is 0.414.